The van der Waals surface area contributed by atoms with Gasteiger partial charge in [-0.1, -0.05) is 31.2 Å². The van der Waals surface area contributed by atoms with Gasteiger partial charge >= 0.3 is 0 Å². The summed E-state index contributed by atoms with van der Waals surface area (Å²) >= 11 is 1.81. The van der Waals surface area contributed by atoms with E-state index in [0.29, 0.717) is 6.04 Å². The molecule has 1 nitrogen and oxygen atoms in total. The van der Waals surface area contributed by atoms with Crippen molar-refractivity contribution in [2.24, 2.45) is 0 Å². The molecular formula is C15H19NS. The van der Waals surface area contributed by atoms with Crippen LogP contribution in [0.2, 0.25) is 0 Å². The number of nitrogens with one attached hydrogen (secondary N) is 1. The summed E-state index contributed by atoms with van der Waals surface area (Å²) in [5, 5.41) is 5.70. The summed E-state index contributed by atoms with van der Waals surface area (Å²) in [6, 6.07) is 11.4. The van der Waals surface area contributed by atoms with E-state index in [1.807, 2.05) is 11.3 Å². The summed E-state index contributed by atoms with van der Waals surface area (Å²) in [7, 11) is 0. The second kappa shape index (κ2) is 5.48. The van der Waals surface area contributed by atoms with Gasteiger partial charge in [-0.25, -0.2) is 0 Å². The highest BCUT2D eigenvalue weighted by atomic mass is 32.1. The van der Waals surface area contributed by atoms with Crippen molar-refractivity contribution in [2.45, 2.75) is 26.8 Å². The molecule has 0 radical (unpaired) electrons. The van der Waals surface area contributed by atoms with Gasteiger partial charge in [0, 0.05) is 4.88 Å². The first kappa shape index (κ1) is 12.3. The topological polar surface area (TPSA) is 12.0 Å². The number of rotatable bonds is 4. The van der Waals surface area contributed by atoms with Crippen LogP contribution in [-0.2, 0) is 0 Å². The van der Waals surface area contributed by atoms with Gasteiger partial charge in [0.15, 0.2) is 0 Å². The molecule has 2 aromatic rings. The zero-order valence-electron chi connectivity index (χ0n) is 10.7. The summed E-state index contributed by atoms with van der Waals surface area (Å²) in [5.74, 6) is 0. The number of hydrogen-bond acceptors (Lipinski definition) is 2. The third kappa shape index (κ3) is 2.76. The molecule has 1 N–H and O–H groups in total. The first-order valence-electron chi connectivity index (χ1n) is 6.06. The molecule has 1 heterocycles. The highest BCUT2D eigenvalue weighted by Gasteiger charge is 2.14. The van der Waals surface area contributed by atoms with Crippen LogP contribution in [0, 0.1) is 13.8 Å². The van der Waals surface area contributed by atoms with Crippen molar-refractivity contribution in [1.82, 2.24) is 5.32 Å². The monoisotopic (exact) mass is 245 g/mol. The van der Waals surface area contributed by atoms with Crippen molar-refractivity contribution >= 4 is 11.3 Å². The van der Waals surface area contributed by atoms with E-state index < -0.39 is 0 Å². The van der Waals surface area contributed by atoms with Crippen LogP contribution in [0.4, 0.5) is 0 Å². The fraction of sp³-hybridized carbons (Fsp3) is 0.333. The summed E-state index contributed by atoms with van der Waals surface area (Å²) in [5.41, 5.74) is 4.08. The van der Waals surface area contributed by atoms with Crippen LogP contribution in [0.5, 0.6) is 0 Å². The van der Waals surface area contributed by atoms with Gasteiger partial charge in [-0.2, -0.15) is 0 Å². The molecule has 0 spiro atoms. The maximum Gasteiger partial charge on any atom is 0.0671 e. The third-order valence-corrected chi connectivity index (χ3v) is 4.04. The lowest BCUT2D eigenvalue weighted by Gasteiger charge is -2.18. The second-order valence-corrected chi connectivity index (χ2v) is 5.33. The zero-order valence-corrected chi connectivity index (χ0v) is 11.5. The molecule has 90 valence electrons. The van der Waals surface area contributed by atoms with Gasteiger partial charge in [-0.3, -0.25) is 0 Å². The fourth-order valence-corrected chi connectivity index (χ4v) is 2.81. The normalized spacial score (nSPS) is 12.6. The molecule has 1 aromatic carbocycles. The highest BCUT2D eigenvalue weighted by Crippen LogP contribution is 2.27. The molecule has 0 aliphatic rings. The molecule has 2 heteroatoms. The number of hydrogen-bond donors (Lipinski definition) is 1. The number of aryl methyl sites for hydroxylation is 2. The lowest BCUT2D eigenvalue weighted by molar-refractivity contribution is 0.639. The molecule has 0 fully saturated rings. The van der Waals surface area contributed by atoms with E-state index in [4.69, 9.17) is 0 Å². The largest absolute Gasteiger partial charge is 0.306 e. The maximum absolute atomic E-state index is 3.56. The Labute approximate surface area is 108 Å². The van der Waals surface area contributed by atoms with Crippen LogP contribution in [0.3, 0.4) is 0 Å². The minimum atomic E-state index is 0.333. The maximum atomic E-state index is 3.56. The Balaban J connectivity index is 2.35. The number of benzene rings is 1. The van der Waals surface area contributed by atoms with Crippen molar-refractivity contribution < 1.29 is 0 Å². The Morgan fingerprint density at radius 2 is 2.00 bits per heavy atom. The molecule has 0 saturated carbocycles. The Kier molecular flexibility index (Phi) is 3.97. The van der Waals surface area contributed by atoms with Gasteiger partial charge in [0.1, 0.15) is 0 Å². The second-order valence-electron chi connectivity index (χ2n) is 4.35. The van der Waals surface area contributed by atoms with Crippen LogP contribution in [0.15, 0.2) is 35.7 Å². The van der Waals surface area contributed by atoms with E-state index in [1.165, 1.54) is 21.6 Å². The predicted molar refractivity (Wildman–Crippen MR) is 75.8 cm³/mol. The lowest BCUT2D eigenvalue weighted by atomic mass is 10.00. The molecule has 1 unspecified atom stereocenters. The number of thiophene rings is 1. The van der Waals surface area contributed by atoms with Crippen LogP contribution in [0.1, 0.15) is 34.5 Å². The predicted octanol–water partition coefficient (Wildman–Crippen LogP) is 4.06. The van der Waals surface area contributed by atoms with E-state index in [0.717, 1.165) is 6.54 Å². The van der Waals surface area contributed by atoms with Crippen molar-refractivity contribution in [2.75, 3.05) is 6.54 Å². The molecule has 1 aromatic heterocycles. The van der Waals surface area contributed by atoms with Crippen molar-refractivity contribution in [3.05, 3.63) is 57.3 Å². The van der Waals surface area contributed by atoms with Crippen LogP contribution in [-0.4, -0.2) is 6.54 Å². The zero-order chi connectivity index (χ0) is 12.3. The first-order chi connectivity index (χ1) is 8.22. The van der Waals surface area contributed by atoms with Crippen molar-refractivity contribution in [1.29, 1.82) is 0 Å². The Bertz CT molecular complexity index is 474. The molecule has 0 aliphatic carbocycles. The van der Waals surface area contributed by atoms with Gasteiger partial charge in [0.05, 0.1) is 6.04 Å². The average molecular weight is 245 g/mol. The first-order valence-corrected chi connectivity index (χ1v) is 6.94. The molecule has 2 rings (SSSR count). The molecule has 0 aliphatic heterocycles. The Morgan fingerprint density at radius 1 is 1.18 bits per heavy atom. The average Bonchev–Trinajstić information content (AvgIpc) is 2.83. The minimum Gasteiger partial charge on any atom is -0.306 e. The van der Waals surface area contributed by atoms with E-state index in [2.05, 4.69) is 61.8 Å². The lowest BCUT2D eigenvalue weighted by Crippen LogP contribution is -2.21. The summed E-state index contributed by atoms with van der Waals surface area (Å²) in [6.45, 7) is 7.47. The highest BCUT2D eigenvalue weighted by molar-refractivity contribution is 7.10. The summed E-state index contributed by atoms with van der Waals surface area (Å²) in [6.07, 6.45) is 0. The minimum absolute atomic E-state index is 0.333. The van der Waals surface area contributed by atoms with E-state index >= 15 is 0 Å². The van der Waals surface area contributed by atoms with Crippen LogP contribution >= 0.6 is 11.3 Å². The SMILES string of the molecule is CCNC(c1ccc(C)c(C)c1)c1cccs1. The van der Waals surface area contributed by atoms with Gasteiger partial charge in [0.25, 0.3) is 0 Å². The van der Waals surface area contributed by atoms with E-state index in [-0.39, 0.29) is 0 Å². The molecule has 0 saturated heterocycles. The summed E-state index contributed by atoms with van der Waals surface area (Å²) < 4.78 is 0. The standard InChI is InChI=1S/C15H19NS/c1-4-16-15(14-6-5-9-17-14)13-8-7-11(2)12(3)10-13/h5-10,15-16H,4H2,1-3H3. The van der Waals surface area contributed by atoms with Gasteiger partial charge in [-0.15, -0.1) is 11.3 Å². The fourth-order valence-electron chi connectivity index (χ4n) is 1.99. The summed E-state index contributed by atoms with van der Waals surface area (Å²) in [4.78, 5) is 1.38. The van der Waals surface area contributed by atoms with Crippen molar-refractivity contribution in [3.8, 4) is 0 Å². The smallest absolute Gasteiger partial charge is 0.0671 e. The molecule has 1 atom stereocenters. The molecule has 0 bridgehead atoms. The van der Waals surface area contributed by atoms with Crippen LogP contribution in [0.25, 0.3) is 0 Å². The molecule has 0 amide bonds. The Hall–Kier alpha value is -1.12. The van der Waals surface area contributed by atoms with E-state index in [9.17, 15) is 0 Å². The Morgan fingerprint density at radius 3 is 2.59 bits per heavy atom. The molecule has 17 heavy (non-hydrogen) atoms. The molecular weight excluding hydrogens is 226 g/mol. The van der Waals surface area contributed by atoms with Crippen LogP contribution < -0.4 is 5.32 Å². The quantitative estimate of drug-likeness (QED) is 0.856. The van der Waals surface area contributed by atoms with Gasteiger partial charge in [-0.05, 0) is 48.5 Å². The third-order valence-electron chi connectivity index (χ3n) is 3.10. The van der Waals surface area contributed by atoms with Gasteiger partial charge < -0.3 is 5.32 Å². The van der Waals surface area contributed by atoms with E-state index in [1.54, 1.807) is 0 Å². The van der Waals surface area contributed by atoms with Gasteiger partial charge in [0.2, 0.25) is 0 Å². The van der Waals surface area contributed by atoms with Crippen molar-refractivity contribution in [3.63, 3.8) is 0 Å².